The molecule has 0 atom stereocenters. The summed E-state index contributed by atoms with van der Waals surface area (Å²) in [6.45, 7) is 6.23. The van der Waals surface area contributed by atoms with Crippen molar-refractivity contribution in [3.8, 4) is 11.3 Å². The van der Waals surface area contributed by atoms with Crippen LogP contribution < -0.4 is 0 Å². The zero-order valence-electron chi connectivity index (χ0n) is 10.7. The molecule has 0 spiro atoms. The van der Waals surface area contributed by atoms with Gasteiger partial charge in [-0.05, 0) is 35.2 Å². The van der Waals surface area contributed by atoms with Crippen molar-refractivity contribution >= 4 is 0 Å². The van der Waals surface area contributed by atoms with Crippen LogP contribution in [0, 0.1) is 11.6 Å². The van der Waals surface area contributed by atoms with Gasteiger partial charge < -0.3 is 0 Å². The van der Waals surface area contributed by atoms with Crippen LogP contribution in [0.15, 0.2) is 36.5 Å². The average Bonchev–Trinajstić information content (AvgIpc) is 2.28. The molecule has 0 radical (unpaired) electrons. The Labute approximate surface area is 105 Å². The second-order valence-corrected chi connectivity index (χ2v) is 5.30. The maximum absolute atomic E-state index is 13.7. The van der Waals surface area contributed by atoms with Gasteiger partial charge in [-0.2, -0.15) is 0 Å². The fourth-order valence-electron chi connectivity index (χ4n) is 1.74. The Morgan fingerprint density at radius 3 is 2.33 bits per heavy atom. The molecule has 0 N–H and O–H groups in total. The van der Waals surface area contributed by atoms with E-state index >= 15 is 0 Å². The lowest BCUT2D eigenvalue weighted by atomic mass is 9.87. The molecule has 0 aliphatic carbocycles. The number of halogens is 2. The molecule has 0 fully saturated rings. The molecule has 0 amide bonds. The Morgan fingerprint density at radius 2 is 1.72 bits per heavy atom. The minimum atomic E-state index is -0.589. The largest absolute Gasteiger partial charge is 0.256 e. The van der Waals surface area contributed by atoms with Crippen molar-refractivity contribution in [3.05, 3.63) is 53.7 Å². The van der Waals surface area contributed by atoms with E-state index < -0.39 is 11.6 Å². The summed E-state index contributed by atoms with van der Waals surface area (Å²) in [5.41, 5.74) is 1.88. The molecule has 0 saturated carbocycles. The molecule has 18 heavy (non-hydrogen) atoms. The predicted octanol–water partition coefficient (Wildman–Crippen LogP) is 4.32. The highest BCUT2D eigenvalue weighted by Gasteiger charge is 2.15. The van der Waals surface area contributed by atoms with Gasteiger partial charge in [0.15, 0.2) is 0 Å². The summed E-state index contributed by atoms with van der Waals surface area (Å²) in [5.74, 6) is -1.17. The van der Waals surface area contributed by atoms with Crippen LogP contribution in [0.2, 0.25) is 0 Å². The molecule has 94 valence electrons. The lowest BCUT2D eigenvalue weighted by Crippen LogP contribution is -2.11. The van der Waals surface area contributed by atoms with Crippen LogP contribution in [0.3, 0.4) is 0 Å². The van der Waals surface area contributed by atoms with Gasteiger partial charge in [0.1, 0.15) is 11.6 Å². The normalized spacial score (nSPS) is 11.6. The highest BCUT2D eigenvalue weighted by Crippen LogP contribution is 2.27. The summed E-state index contributed by atoms with van der Waals surface area (Å²) >= 11 is 0. The fourth-order valence-corrected chi connectivity index (χ4v) is 1.74. The zero-order chi connectivity index (χ0) is 13.3. The van der Waals surface area contributed by atoms with E-state index in [1.54, 1.807) is 6.20 Å². The van der Waals surface area contributed by atoms with Gasteiger partial charge in [-0.3, -0.25) is 4.98 Å². The summed E-state index contributed by atoms with van der Waals surface area (Å²) in [6.07, 6.45) is 1.65. The van der Waals surface area contributed by atoms with Crippen LogP contribution in [-0.4, -0.2) is 4.98 Å². The second kappa shape index (κ2) is 4.48. The first-order chi connectivity index (χ1) is 8.38. The summed E-state index contributed by atoms with van der Waals surface area (Å²) in [5, 5.41) is 0. The monoisotopic (exact) mass is 247 g/mol. The van der Waals surface area contributed by atoms with Crippen molar-refractivity contribution in [2.75, 3.05) is 0 Å². The summed E-state index contributed by atoms with van der Waals surface area (Å²) in [7, 11) is 0. The number of pyridine rings is 1. The van der Waals surface area contributed by atoms with Gasteiger partial charge in [-0.25, -0.2) is 8.78 Å². The number of aromatic nitrogens is 1. The molecule has 1 heterocycles. The van der Waals surface area contributed by atoms with Crippen molar-refractivity contribution < 1.29 is 8.78 Å². The highest BCUT2D eigenvalue weighted by atomic mass is 19.1. The molecule has 2 rings (SSSR count). The van der Waals surface area contributed by atoms with E-state index in [4.69, 9.17) is 0 Å². The Morgan fingerprint density at radius 1 is 1.00 bits per heavy atom. The van der Waals surface area contributed by atoms with Gasteiger partial charge in [-0.1, -0.05) is 20.8 Å². The Balaban J connectivity index is 2.51. The highest BCUT2D eigenvalue weighted by molar-refractivity contribution is 5.60. The van der Waals surface area contributed by atoms with Crippen molar-refractivity contribution in [2.24, 2.45) is 0 Å². The van der Waals surface area contributed by atoms with Crippen LogP contribution in [0.5, 0.6) is 0 Å². The van der Waals surface area contributed by atoms with Crippen LogP contribution >= 0.6 is 0 Å². The molecule has 0 unspecified atom stereocenters. The molecule has 0 saturated heterocycles. The summed E-state index contributed by atoms with van der Waals surface area (Å²) < 4.78 is 26.6. The van der Waals surface area contributed by atoms with Gasteiger partial charge >= 0.3 is 0 Å². The number of nitrogens with zero attached hydrogens (tertiary/aromatic N) is 1. The first-order valence-electron chi connectivity index (χ1n) is 5.80. The van der Waals surface area contributed by atoms with Gasteiger partial charge in [0, 0.05) is 17.8 Å². The van der Waals surface area contributed by atoms with Crippen LogP contribution in [-0.2, 0) is 5.41 Å². The topological polar surface area (TPSA) is 12.9 Å². The van der Waals surface area contributed by atoms with Crippen molar-refractivity contribution in [2.45, 2.75) is 26.2 Å². The standard InChI is InChI=1S/C15H15F2N/c1-15(2,3)10-6-7-18-14(8-10)12-5-4-11(16)9-13(12)17/h4-9H,1-3H3. The van der Waals surface area contributed by atoms with Crippen LogP contribution in [0.25, 0.3) is 11.3 Å². The lowest BCUT2D eigenvalue weighted by Gasteiger charge is -2.19. The Hall–Kier alpha value is -1.77. The molecule has 0 bridgehead atoms. The maximum atomic E-state index is 13.7. The first-order valence-corrected chi connectivity index (χ1v) is 5.80. The molecule has 1 aromatic heterocycles. The number of rotatable bonds is 1. The first kappa shape index (κ1) is 12.7. The van der Waals surface area contributed by atoms with E-state index in [0.29, 0.717) is 11.3 Å². The van der Waals surface area contributed by atoms with Crippen molar-refractivity contribution in [1.82, 2.24) is 4.98 Å². The second-order valence-electron chi connectivity index (χ2n) is 5.30. The third-order valence-electron chi connectivity index (χ3n) is 2.83. The quantitative estimate of drug-likeness (QED) is 0.731. The fraction of sp³-hybridized carbons (Fsp3) is 0.267. The van der Waals surface area contributed by atoms with Crippen molar-refractivity contribution in [1.29, 1.82) is 0 Å². The molecular weight excluding hydrogens is 232 g/mol. The average molecular weight is 247 g/mol. The molecular formula is C15H15F2N. The van der Waals surface area contributed by atoms with Gasteiger partial charge in [0.2, 0.25) is 0 Å². The van der Waals surface area contributed by atoms with Gasteiger partial charge in [0.25, 0.3) is 0 Å². The van der Waals surface area contributed by atoms with E-state index in [9.17, 15) is 8.78 Å². The van der Waals surface area contributed by atoms with E-state index in [1.807, 2.05) is 12.1 Å². The minimum absolute atomic E-state index is 0.0335. The Bertz CT molecular complexity index is 571. The molecule has 1 aromatic carbocycles. The van der Waals surface area contributed by atoms with E-state index in [1.165, 1.54) is 12.1 Å². The lowest BCUT2D eigenvalue weighted by molar-refractivity contribution is 0.583. The molecule has 0 aliphatic rings. The van der Waals surface area contributed by atoms with Gasteiger partial charge in [-0.15, -0.1) is 0 Å². The molecule has 0 aliphatic heterocycles. The summed E-state index contributed by atoms with van der Waals surface area (Å²) in [6, 6.07) is 7.28. The number of hydrogen-bond donors (Lipinski definition) is 0. The van der Waals surface area contributed by atoms with E-state index in [2.05, 4.69) is 25.8 Å². The maximum Gasteiger partial charge on any atom is 0.135 e. The molecule has 1 nitrogen and oxygen atoms in total. The van der Waals surface area contributed by atoms with Crippen molar-refractivity contribution in [3.63, 3.8) is 0 Å². The number of benzene rings is 1. The predicted molar refractivity (Wildman–Crippen MR) is 68.3 cm³/mol. The minimum Gasteiger partial charge on any atom is -0.256 e. The molecule has 3 heteroatoms. The van der Waals surface area contributed by atoms with Gasteiger partial charge in [0.05, 0.1) is 5.69 Å². The third-order valence-corrected chi connectivity index (χ3v) is 2.83. The molecule has 2 aromatic rings. The SMILES string of the molecule is CC(C)(C)c1ccnc(-c2ccc(F)cc2F)c1. The Kier molecular flexibility index (Phi) is 3.16. The van der Waals surface area contributed by atoms with E-state index in [-0.39, 0.29) is 5.41 Å². The third kappa shape index (κ3) is 2.55. The summed E-state index contributed by atoms with van der Waals surface area (Å²) in [4.78, 5) is 4.15. The van der Waals surface area contributed by atoms with Crippen LogP contribution in [0.4, 0.5) is 8.78 Å². The van der Waals surface area contributed by atoms with E-state index in [0.717, 1.165) is 11.6 Å². The number of hydrogen-bond acceptors (Lipinski definition) is 1. The van der Waals surface area contributed by atoms with Crippen LogP contribution in [0.1, 0.15) is 26.3 Å². The zero-order valence-corrected chi connectivity index (χ0v) is 10.7. The smallest absolute Gasteiger partial charge is 0.135 e.